The van der Waals surface area contributed by atoms with Crippen LogP contribution in [0.1, 0.15) is 66.0 Å². The van der Waals surface area contributed by atoms with Crippen molar-refractivity contribution in [2.45, 2.75) is 47.0 Å². The molecule has 6 heteroatoms. The average molecular weight is 891 g/mol. The quantitative estimate of drug-likeness (QED) is 0.142. The molecule has 0 radical (unpaired) electrons. The predicted octanol–water partition coefficient (Wildman–Crippen LogP) is 15.8. The van der Waals surface area contributed by atoms with Crippen molar-refractivity contribution < 1.29 is 23.8 Å². The van der Waals surface area contributed by atoms with Crippen LogP contribution in [0, 0.1) is 0 Å². The van der Waals surface area contributed by atoms with Crippen LogP contribution in [-0.4, -0.2) is 5.43 Å². The van der Waals surface area contributed by atoms with Gasteiger partial charge in [0, 0.05) is 0 Å². The molecule has 10 rings (SSSR count). The number of benzene rings is 6. The fourth-order valence-corrected chi connectivity index (χ4v) is 37.8. The third-order valence-corrected chi connectivity index (χ3v) is 59.3. The van der Waals surface area contributed by atoms with E-state index in [1.54, 1.807) is 0 Å². The van der Waals surface area contributed by atoms with Gasteiger partial charge in [-0.05, 0) is 0 Å². The number of aryl methyl sites for hydroxylation is 2. The summed E-state index contributed by atoms with van der Waals surface area (Å²) in [6, 6.07) is 47.9. The summed E-state index contributed by atoms with van der Waals surface area (Å²) in [5, 5.41) is 4.29. The maximum atomic E-state index is 9.12. The summed E-state index contributed by atoms with van der Waals surface area (Å²) in [4.78, 5) is 0. The van der Waals surface area contributed by atoms with E-state index < -0.39 is 20.4 Å². The second-order valence-electron chi connectivity index (χ2n) is 16.2. The second-order valence-corrected chi connectivity index (χ2v) is 54.9. The maximum absolute atomic E-state index is 9.12. The normalized spacial score (nSPS) is 16.4. The van der Waals surface area contributed by atoms with Crippen molar-refractivity contribution in [1.29, 1.82) is 0 Å². The summed E-state index contributed by atoms with van der Waals surface area (Å²) in [5.74, 6) is 1.72. The first-order valence-electron chi connectivity index (χ1n) is 20.4. The van der Waals surface area contributed by atoms with E-state index in [1.165, 1.54) is 55.6 Å². The van der Waals surface area contributed by atoms with Gasteiger partial charge in [0.2, 0.25) is 0 Å². The molecule has 2 aromatic heterocycles. The molecule has 0 N–H and O–H groups in total. The Labute approximate surface area is 348 Å². The molecule has 0 saturated heterocycles. The zero-order valence-corrected chi connectivity index (χ0v) is 38.1. The van der Waals surface area contributed by atoms with E-state index in [2.05, 4.69) is 173 Å². The molecule has 0 fully saturated rings. The Balaban J connectivity index is 1.33. The van der Waals surface area contributed by atoms with E-state index in [0.29, 0.717) is 0 Å². The monoisotopic (exact) mass is 888 g/mol. The molecule has 2 heterocycles. The fraction of sp³-hybridized carbons (Fsp3) is 0.154. The SMILES string of the molecule is CCc1ccc2c(c1-c1ccccc1)C=C(c1occ3ccccc13)[CH]2[Zr]([Cl])([Cl])([CH]1C(c2occ3ccccc23)=Cc2c1ccc(CC)c2-c1ccccc1)=[Si](C)C. The summed E-state index contributed by atoms with van der Waals surface area (Å²) >= 11 is -5.52. The number of allylic oxidation sites excluding steroid dienone is 2. The molecule has 0 saturated carbocycles. The molecule has 58 heavy (non-hydrogen) atoms. The van der Waals surface area contributed by atoms with Crippen molar-refractivity contribution in [2.24, 2.45) is 0 Å². The van der Waals surface area contributed by atoms with E-state index in [0.717, 1.165) is 57.1 Å². The number of furan rings is 2. The van der Waals surface area contributed by atoms with Gasteiger partial charge in [0.1, 0.15) is 0 Å². The third kappa shape index (κ3) is 5.59. The van der Waals surface area contributed by atoms with Crippen LogP contribution in [0.2, 0.25) is 13.1 Å². The molecule has 0 spiro atoms. The van der Waals surface area contributed by atoms with Crippen molar-refractivity contribution in [1.82, 2.24) is 0 Å². The van der Waals surface area contributed by atoms with Crippen LogP contribution in [0.25, 0.3) is 67.1 Å². The van der Waals surface area contributed by atoms with Crippen molar-refractivity contribution in [3.05, 3.63) is 191 Å². The van der Waals surface area contributed by atoms with E-state index in [-0.39, 0.29) is 7.25 Å². The topological polar surface area (TPSA) is 26.3 Å². The van der Waals surface area contributed by atoms with Crippen LogP contribution in [0.4, 0.5) is 0 Å². The molecule has 2 unspecified atom stereocenters. The average Bonchev–Trinajstić information content (AvgIpc) is 4.06. The van der Waals surface area contributed by atoms with Gasteiger partial charge in [-0.25, -0.2) is 0 Å². The fourth-order valence-electron chi connectivity index (χ4n) is 10.2. The summed E-state index contributed by atoms with van der Waals surface area (Å²) in [6.07, 6.45) is 10.4. The summed E-state index contributed by atoms with van der Waals surface area (Å²) < 4.78 is 12.9. The van der Waals surface area contributed by atoms with E-state index >= 15 is 0 Å². The van der Waals surface area contributed by atoms with Gasteiger partial charge >= 0.3 is 351 Å². The van der Waals surface area contributed by atoms with Gasteiger partial charge in [-0.2, -0.15) is 0 Å². The van der Waals surface area contributed by atoms with Gasteiger partial charge in [0.05, 0.1) is 0 Å². The minimum absolute atomic E-state index is 0.266. The molecule has 0 aliphatic heterocycles. The Kier molecular flexibility index (Phi) is 9.38. The number of fused-ring (bicyclic) bond motifs is 4. The predicted molar refractivity (Wildman–Crippen MR) is 245 cm³/mol. The Hall–Kier alpha value is -4.44. The van der Waals surface area contributed by atoms with Crippen molar-refractivity contribution >= 4 is 67.3 Å². The van der Waals surface area contributed by atoms with E-state index in [1.807, 2.05) is 12.5 Å². The number of rotatable bonds is 8. The summed E-state index contributed by atoms with van der Waals surface area (Å²) in [6.45, 7) is 9.23. The molecule has 286 valence electrons. The van der Waals surface area contributed by atoms with E-state index in [4.69, 9.17) is 25.9 Å². The molecule has 6 aromatic carbocycles. The Morgan fingerprint density at radius 2 is 0.914 bits per heavy atom. The molecule has 0 amide bonds. The number of hydrogen-bond donors (Lipinski definition) is 0. The summed E-state index contributed by atoms with van der Waals surface area (Å²) in [5.41, 5.74) is 13.0. The van der Waals surface area contributed by atoms with Gasteiger partial charge < -0.3 is 0 Å². The van der Waals surface area contributed by atoms with Gasteiger partial charge in [-0.1, -0.05) is 0 Å². The zero-order valence-electron chi connectivity index (χ0n) is 33.2. The van der Waals surface area contributed by atoms with Crippen LogP contribution in [0.3, 0.4) is 0 Å². The van der Waals surface area contributed by atoms with E-state index in [9.17, 15) is 0 Å². The van der Waals surface area contributed by atoms with Crippen molar-refractivity contribution in [2.75, 3.05) is 0 Å². The second kappa shape index (κ2) is 14.4. The minimum atomic E-state index is -5.52. The Morgan fingerprint density at radius 1 is 0.517 bits per heavy atom. The van der Waals surface area contributed by atoms with Crippen molar-refractivity contribution in [3.63, 3.8) is 0 Å². The van der Waals surface area contributed by atoms with Gasteiger partial charge in [-0.3, -0.25) is 0 Å². The molecular formula is C52H44Cl2O2SiZr. The Bertz CT molecular complexity index is 2870. The van der Waals surface area contributed by atoms with Crippen molar-refractivity contribution in [3.8, 4) is 22.3 Å². The molecule has 2 nitrogen and oxygen atoms in total. The summed E-state index contributed by atoms with van der Waals surface area (Å²) in [7, 11) is 18.2. The molecule has 8 aromatic rings. The zero-order chi connectivity index (χ0) is 39.8. The van der Waals surface area contributed by atoms with Crippen LogP contribution >= 0.6 is 17.0 Å². The third-order valence-electron chi connectivity index (χ3n) is 13.0. The van der Waals surface area contributed by atoms with Gasteiger partial charge in [0.15, 0.2) is 0 Å². The first-order chi connectivity index (χ1) is 28.2. The molecule has 0 bridgehead atoms. The molecule has 2 atom stereocenters. The molecule has 2 aliphatic carbocycles. The van der Waals surface area contributed by atoms with Crippen LogP contribution in [0.5, 0.6) is 0 Å². The first-order valence-corrected chi connectivity index (χ1v) is 35.7. The number of halogens is 2. The Morgan fingerprint density at radius 3 is 1.31 bits per heavy atom. The molecule has 2 aliphatic rings. The standard InChI is InChI=1S/2C25H19O.C2H6Si.2ClH.Zr/c2*1-2-17-12-13-19-14-21(25-22-11-7-6-10-20(22)16-26-25)15-23(19)24(17)18-8-4-3-5-9-18;1-3-2;;;/h2*3-16H,2H2,1H3;1-2H3;2*1H;/q;;;;;+2/p-2. The molecular weight excluding hydrogens is 847 g/mol. The number of hydrogen-bond acceptors (Lipinski definition) is 2. The van der Waals surface area contributed by atoms with Crippen LogP contribution in [0.15, 0.2) is 155 Å². The van der Waals surface area contributed by atoms with Gasteiger partial charge in [-0.15, -0.1) is 0 Å². The van der Waals surface area contributed by atoms with Gasteiger partial charge in [0.25, 0.3) is 0 Å². The first kappa shape index (κ1) is 37.8. The van der Waals surface area contributed by atoms with Crippen LogP contribution < -0.4 is 0 Å². The van der Waals surface area contributed by atoms with Crippen LogP contribution in [-0.2, 0) is 27.9 Å².